The molecule has 2 rings (SSSR count). The van der Waals surface area contributed by atoms with Crippen LogP contribution in [-0.2, 0) is 4.79 Å². The Labute approximate surface area is 90.3 Å². The number of hydrogen-bond acceptors (Lipinski definition) is 3. The largest absolute Gasteiger partial charge is 0.309 e. The number of halogens is 1. The molecule has 1 amide bonds. The lowest BCUT2D eigenvalue weighted by atomic mass is 10.3. The van der Waals surface area contributed by atoms with Crippen molar-refractivity contribution in [3.8, 4) is 0 Å². The molecule has 1 fully saturated rings. The fraction of sp³-hybridized carbons (Fsp3) is 0.444. The van der Waals surface area contributed by atoms with E-state index >= 15 is 0 Å². The monoisotopic (exact) mass is 255 g/mol. The maximum absolute atomic E-state index is 11.4. The number of hydrogen-bond donors (Lipinski definition) is 1. The lowest BCUT2D eigenvalue weighted by Crippen LogP contribution is -2.13. The Morgan fingerprint density at radius 1 is 1.50 bits per heavy atom. The zero-order valence-electron chi connectivity index (χ0n) is 7.53. The summed E-state index contributed by atoms with van der Waals surface area (Å²) in [5.74, 6) is 1.14. The van der Waals surface area contributed by atoms with E-state index in [1.54, 1.807) is 6.20 Å². The van der Waals surface area contributed by atoms with Gasteiger partial charge in [-0.25, -0.2) is 9.97 Å². The summed E-state index contributed by atoms with van der Waals surface area (Å²) in [4.78, 5) is 19.3. The minimum atomic E-state index is 0.0316. The predicted octanol–water partition coefficient (Wildman–Crippen LogP) is 1.98. The molecule has 1 aromatic heterocycles. The lowest BCUT2D eigenvalue weighted by molar-refractivity contribution is -0.116. The van der Waals surface area contributed by atoms with E-state index in [2.05, 4.69) is 31.2 Å². The number of rotatable bonds is 3. The van der Waals surface area contributed by atoms with E-state index in [-0.39, 0.29) is 5.91 Å². The molecule has 1 aliphatic carbocycles. The van der Waals surface area contributed by atoms with Gasteiger partial charge in [0.25, 0.3) is 0 Å². The molecule has 0 radical (unpaired) electrons. The first-order valence-electron chi connectivity index (χ1n) is 4.51. The van der Waals surface area contributed by atoms with Crippen LogP contribution < -0.4 is 5.32 Å². The first kappa shape index (κ1) is 9.58. The van der Waals surface area contributed by atoms with Gasteiger partial charge in [-0.2, -0.15) is 0 Å². The van der Waals surface area contributed by atoms with Crippen LogP contribution in [0.4, 0.5) is 5.82 Å². The van der Waals surface area contributed by atoms with Crippen molar-refractivity contribution in [3.63, 3.8) is 0 Å². The van der Waals surface area contributed by atoms with E-state index in [0.29, 0.717) is 22.8 Å². The van der Waals surface area contributed by atoms with Gasteiger partial charge in [-0.05, 0) is 34.7 Å². The predicted molar refractivity (Wildman–Crippen MR) is 55.7 cm³/mol. The van der Waals surface area contributed by atoms with Gasteiger partial charge in [0.15, 0.2) is 5.82 Å². The molecule has 0 bridgehead atoms. The average molecular weight is 256 g/mol. The molecule has 0 atom stereocenters. The Balaban J connectivity index is 1.89. The van der Waals surface area contributed by atoms with Gasteiger partial charge in [-0.15, -0.1) is 0 Å². The number of aromatic nitrogens is 2. The molecule has 0 aromatic carbocycles. The van der Waals surface area contributed by atoms with Gasteiger partial charge in [-0.1, -0.05) is 0 Å². The van der Waals surface area contributed by atoms with Gasteiger partial charge in [-0.3, -0.25) is 4.79 Å². The van der Waals surface area contributed by atoms with E-state index in [4.69, 9.17) is 0 Å². The van der Waals surface area contributed by atoms with Crippen LogP contribution >= 0.6 is 15.9 Å². The number of nitrogens with one attached hydrogen (secondary N) is 1. The van der Waals surface area contributed by atoms with E-state index in [1.165, 1.54) is 19.0 Å². The second-order valence-electron chi connectivity index (χ2n) is 3.42. The molecule has 4 nitrogen and oxygen atoms in total. The van der Waals surface area contributed by atoms with Crippen LogP contribution in [0, 0.1) is 5.92 Å². The summed E-state index contributed by atoms with van der Waals surface area (Å²) in [5.41, 5.74) is 0. The Bertz CT molecular complexity index is 334. The minimum absolute atomic E-state index is 0.0316. The molecule has 1 aliphatic rings. The molecule has 1 saturated carbocycles. The maximum Gasteiger partial charge on any atom is 0.225 e. The van der Waals surface area contributed by atoms with Crippen LogP contribution in [0.15, 0.2) is 17.0 Å². The molecule has 14 heavy (non-hydrogen) atoms. The van der Waals surface area contributed by atoms with Crippen LogP contribution in [0.1, 0.15) is 19.3 Å². The van der Waals surface area contributed by atoms with Gasteiger partial charge in [0, 0.05) is 6.42 Å². The van der Waals surface area contributed by atoms with Gasteiger partial charge >= 0.3 is 0 Å². The maximum atomic E-state index is 11.4. The lowest BCUT2D eigenvalue weighted by Gasteiger charge is -2.02. The Hall–Kier alpha value is -0.970. The molecule has 0 spiro atoms. The third-order valence-electron chi connectivity index (χ3n) is 2.06. The van der Waals surface area contributed by atoms with Crippen LogP contribution in [0.2, 0.25) is 0 Å². The number of amides is 1. The zero-order chi connectivity index (χ0) is 9.97. The molecule has 0 saturated heterocycles. The van der Waals surface area contributed by atoms with E-state index < -0.39 is 0 Å². The molecule has 1 aromatic rings. The molecular weight excluding hydrogens is 246 g/mol. The SMILES string of the molecule is O=C(CC1CC1)Nc1cnc(Br)cn1. The average Bonchev–Trinajstić information content (AvgIpc) is 2.93. The molecule has 5 heteroatoms. The Morgan fingerprint density at radius 2 is 2.29 bits per heavy atom. The second kappa shape index (κ2) is 4.04. The number of nitrogens with zero attached hydrogens (tertiary/aromatic N) is 2. The molecule has 0 unspecified atom stereocenters. The highest BCUT2D eigenvalue weighted by molar-refractivity contribution is 9.10. The van der Waals surface area contributed by atoms with Crippen LogP contribution in [0.25, 0.3) is 0 Å². The van der Waals surface area contributed by atoms with Crippen molar-refractivity contribution in [1.29, 1.82) is 0 Å². The Kier molecular flexibility index (Phi) is 2.77. The zero-order valence-corrected chi connectivity index (χ0v) is 9.12. The highest BCUT2D eigenvalue weighted by Crippen LogP contribution is 2.32. The van der Waals surface area contributed by atoms with Crippen molar-refractivity contribution >= 4 is 27.7 Å². The van der Waals surface area contributed by atoms with Crippen molar-refractivity contribution in [1.82, 2.24) is 9.97 Å². The summed E-state index contributed by atoms with van der Waals surface area (Å²) in [6.45, 7) is 0. The number of anilines is 1. The number of carbonyl (C=O) groups is 1. The van der Waals surface area contributed by atoms with E-state index in [1.807, 2.05) is 0 Å². The standard InChI is InChI=1S/C9H10BrN3O/c10-7-4-12-8(5-11-7)13-9(14)3-6-1-2-6/h4-6H,1-3H2,(H,12,13,14). The molecule has 0 aliphatic heterocycles. The van der Waals surface area contributed by atoms with Crippen molar-refractivity contribution in [2.24, 2.45) is 5.92 Å². The molecular formula is C9H10BrN3O. The first-order chi connectivity index (χ1) is 6.74. The van der Waals surface area contributed by atoms with E-state index in [0.717, 1.165) is 0 Å². The van der Waals surface area contributed by atoms with E-state index in [9.17, 15) is 4.79 Å². The fourth-order valence-corrected chi connectivity index (χ4v) is 1.36. The molecule has 1 heterocycles. The third kappa shape index (κ3) is 2.77. The summed E-state index contributed by atoms with van der Waals surface area (Å²) < 4.78 is 0.665. The highest BCUT2D eigenvalue weighted by Gasteiger charge is 2.24. The molecule has 1 N–H and O–H groups in total. The quantitative estimate of drug-likeness (QED) is 0.899. The summed E-state index contributed by atoms with van der Waals surface area (Å²) >= 11 is 3.18. The number of carbonyl (C=O) groups excluding carboxylic acids is 1. The second-order valence-corrected chi connectivity index (χ2v) is 4.23. The van der Waals surface area contributed by atoms with Crippen LogP contribution in [0.3, 0.4) is 0 Å². The fourth-order valence-electron chi connectivity index (χ4n) is 1.15. The van der Waals surface area contributed by atoms with Gasteiger partial charge < -0.3 is 5.32 Å². The van der Waals surface area contributed by atoms with Crippen molar-refractivity contribution in [3.05, 3.63) is 17.0 Å². The summed E-state index contributed by atoms with van der Waals surface area (Å²) in [7, 11) is 0. The third-order valence-corrected chi connectivity index (χ3v) is 2.47. The topological polar surface area (TPSA) is 54.9 Å². The molecule has 74 valence electrons. The van der Waals surface area contributed by atoms with Gasteiger partial charge in [0.1, 0.15) is 4.60 Å². The first-order valence-corrected chi connectivity index (χ1v) is 5.31. The van der Waals surface area contributed by atoms with Crippen LogP contribution in [-0.4, -0.2) is 15.9 Å². The summed E-state index contributed by atoms with van der Waals surface area (Å²) in [6, 6.07) is 0. The van der Waals surface area contributed by atoms with Gasteiger partial charge in [0.05, 0.1) is 12.4 Å². The van der Waals surface area contributed by atoms with Crippen molar-refractivity contribution in [2.75, 3.05) is 5.32 Å². The minimum Gasteiger partial charge on any atom is -0.309 e. The smallest absolute Gasteiger partial charge is 0.225 e. The summed E-state index contributed by atoms with van der Waals surface area (Å²) in [6.07, 6.45) is 6.07. The van der Waals surface area contributed by atoms with Gasteiger partial charge in [0.2, 0.25) is 5.91 Å². The normalized spacial score (nSPS) is 15.2. The summed E-state index contributed by atoms with van der Waals surface area (Å²) in [5, 5.41) is 2.71. The van der Waals surface area contributed by atoms with Crippen molar-refractivity contribution in [2.45, 2.75) is 19.3 Å². The highest BCUT2D eigenvalue weighted by atomic mass is 79.9. The Morgan fingerprint density at radius 3 is 2.86 bits per heavy atom. The van der Waals surface area contributed by atoms with Crippen LogP contribution in [0.5, 0.6) is 0 Å². The van der Waals surface area contributed by atoms with Crippen molar-refractivity contribution < 1.29 is 4.79 Å².